The highest BCUT2D eigenvalue weighted by atomic mass is 16.5. The molecule has 1 aliphatic carbocycles. The van der Waals surface area contributed by atoms with Gasteiger partial charge in [0.15, 0.2) is 5.60 Å². The van der Waals surface area contributed by atoms with Crippen LogP contribution in [0.1, 0.15) is 52.4 Å². The van der Waals surface area contributed by atoms with Gasteiger partial charge in [-0.25, -0.2) is 4.79 Å². The average molecular weight is 214 g/mol. The molecule has 1 fully saturated rings. The molecule has 15 heavy (non-hydrogen) atoms. The number of ether oxygens (including phenoxy) is 1. The number of hydrogen-bond donors (Lipinski definition) is 1. The third-order valence-corrected chi connectivity index (χ3v) is 3.11. The molecule has 0 spiro atoms. The number of carboxylic acid groups (broad SMARTS) is 1. The lowest BCUT2D eigenvalue weighted by atomic mass is 10.0. The van der Waals surface area contributed by atoms with Crippen molar-refractivity contribution in [3.8, 4) is 0 Å². The number of carbonyl (C=O) groups is 1. The van der Waals surface area contributed by atoms with Crippen molar-refractivity contribution in [3.63, 3.8) is 0 Å². The molecule has 0 radical (unpaired) electrons. The molecule has 1 aliphatic rings. The minimum atomic E-state index is -0.850. The highest BCUT2D eigenvalue weighted by Crippen LogP contribution is 2.33. The van der Waals surface area contributed by atoms with Crippen LogP contribution in [0.2, 0.25) is 0 Å². The fourth-order valence-corrected chi connectivity index (χ4v) is 2.13. The fraction of sp³-hybridized carbons (Fsp3) is 0.917. The Labute approximate surface area is 91.8 Å². The van der Waals surface area contributed by atoms with E-state index >= 15 is 0 Å². The molecule has 0 atom stereocenters. The molecule has 1 N–H and O–H groups in total. The zero-order valence-corrected chi connectivity index (χ0v) is 9.79. The van der Waals surface area contributed by atoms with Gasteiger partial charge in [-0.2, -0.15) is 0 Å². The van der Waals surface area contributed by atoms with E-state index in [4.69, 9.17) is 9.84 Å². The highest BCUT2D eigenvalue weighted by molar-refractivity contribution is 5.77. The van der Waals surface area contributed by atoms with Crippen molar-refractivity contribution in [2.75, 3.05) is 6.61 Å². The first-order valence-electron chi connectivity index (χ1n) is 5.94. The second-order valence-corrected chi connectivity index (χ2v) is 4.89. The molecule has 1 saturated carbocycles. The quantitative estimate of drug-likeness (QED) is 0.691. The van der Waals surface area contributed by atoms with E-state index in [1.54, 1.807) is 0 Å². The van der Waals surface area contributed by atoms with Crippen molar-refractivity contribution in [1.29, 1.82) is 0 Å². The van der Waals surface area contributed by atoms with Crippen LogP contribution in [0.15, 0.2) is 0 Å². The first-order chi connectivity index (χ1) is 7.07. The van der Waals surface area contributed by atoms with Gasteiger partial charge in [-0.05, 0) is 44.4 Å². The van der Waals surface area contributed by atoms with Crippen LogP contribution in [0.5, 0.6) is 0 Å². The molecule has 1 rings (SSSR count). The third kappa shape index (κ3) is 3.49. The van der Waals surface area contributed by atoms with E-state index in [0.29, 0.717) is 25.4 Å². The van der Waals surface area contributed by atoms with E-state index in [2.05, 4.69) is 13.8 Å². The predicted molar refractivity (Wildman–Crippen MR) is 58.9 cm³/mol. The van der Waals surface area contributed by atoms with E-state index in [0.717, 1.165) is 25.7 Å². The zero-order valence-electron chi connectivity index (χ0n) is 9.79. The van der Waals surface area contributed by atoms with Crippen molar-refractivity contribution >= 4 is 5.97 Å². The van der Waals surface area contributed by atoms with Crippen LogP contribution in [-0.2, 0) is 9.53 Å². The second kappa shape index (κ2) is 5.50. The second-order valence-electron chi connectivity index (χ2n) is 4.89. The molecular weight excluding hydrogens is 192 g/mol. The Morgan fingerprint density at radius 3 is 2.47 bits per heavy atom. The summed E-state index contributed by atoms with van der Waals surface area (Å²) in [6, 6.07) is 0. The van der Waals surface area contributed by atoms with Gasteiger partial charge in [-0.15, -0.1) is 0 Å². The maximum atomic E-state index is 11.1. The molecular formula is C12H22O3. The zero-order chi connectivity index (χ0) is 11.3. The summed E-state index contributed by atoms with van der Waals surface area (Å²) in [5.74, 6) is -0.109. The lowest BCUT2D eigenvalue weighted by Gasteiger charge is -2.24. The Hall–Kier alpha value is -0.570. The minimum Gasteiger partial charge on any atom is -0.479 e. The number of rotatable bonds is 6. The molecule has 0 aromatic heterocycles. The summed E-state index contributed by atoms with van der Waals surface area (Å²) in [4.78, 5) is 11.1. The maximum absolute atomic E-state index is 11.1. The van der Waals surface area contributed by atoms with E-state index in [9.17, 15) is 4.79 Å². The summed E-state index contributed by atoms with van der Waals surface area (Å²) in [6.45, 7) is 4.93. The largest absolute Gasteiger partial charge is 0.479 e. The molecule has 3 nitrogen and oxygen atoms in total. The van der Waals surface area contributed by atoms with E-state index in [-0.39, 0.29) is 0 Å². The summed E-state index contributed by atoms with van der Waals surface area (Å²) < 4.78 is 5.60. The molecule has 0 saturated heterocycles. The van der Waals surface area contributed by atoms with Crippen LogP contribution in [0, 0.1) is 5.92 Å². The van der Waals surface area contributed by atoms with Crippen LogP contribution in [0.4, 0.5) is 0 Å². The van der Waals surface area contributed by atoms with Crippen LogP contribution < -0.4 is 0 Å². The molecule has 0 heterocycles. The molecule has 0 unspecified atom stereocenters. The fourth-order valence-electron chi connectivity index (χ4n) is 2.13. The highest BCUT2D eigenvalue weighted by Gasteiger charge is 2.42. The number of carboxylic acids is 1. The summed E-state index contributed by atoms with van der Waals surface area (Å²) in [5, 5.41) is 9.15. The van der Waals surface area contributed by atoms with E-state index in [1.165, 1.54) is 0 Å². The monoisotopic (exact) mass is 214 g/mol. The van der Waals surface area contributed by atoms with Crippen molar-refractivity contribution in [2.45, 2.75) is 58.0 Å². The van der Waals surface area contributed by atoms with Crippen LogP contribution in [0.25, 0.3) is 0 Å². The van der Waals surface area contributed by atoms with Gasteiger partial charge in [0.05, 0.1) is 0 Å². The maximum Gasteiger partial charge on any atom is 0.335 e. The third-order valence-electron chi connectivity index (χ3n) is 3.11. The van der Waals surface area contributed by atoms with Gasteiger partial charge in [-0.3, -0.25) is 0 Å². The van der Waals surface area contributed by atoms with Crippen LogP contribution in [-0.4, -0.2) is 23.3 Å². The molecule has 0 aliphatic heterocycles. The van der Waals surface area contributed by atoms with Gasteiger partial charge in [0, 0.05) is 6.61 Å². The van der Waals surface area contributed by atoms with Crippen LogP contribution in [0.3, 0.4) is 0 Å². The van der Waals surface area contributed by atoms with E-state index < -0.39 is 11.6 Å². The van der Waals surface area contributed by atoms with E-state index in [1.807, 2.05) is 0 Å². The first-order valence-corrected chi connectivity index (χ1v) is 5.94. The van der Waals surface area contributed by atoms with Crippen molar-refractivity contribution in [2.24, 2.45) is 5.92 Å². The van der Waals surface area contributed by atoms with Crippen LogP contribution >= 0.6 is 0 Å². The molecule has 0 aromatic carbocycles. The predicted octanol–water partition coefficient (Wildman–Crippen LogP) is 2.84. The topological polar surface area (TPSA) is 46.5 Å². The van der Waals surface area contributed by atoms with Gasteiger partial charge in [0.2, 0.25) is 0 Å². The Bertz CT molecular complexity index is 205. The Morgan fingerprint density at radius 1 is 1.40 bits per heavy atom. The summed E-state index contributed by atoms with van der Waals surface area (Å²) in [7, 11) is 0. The minimum absolute atomic E-state index is 0.588. The SMILES string of the molecule is CC(C)CCCOC1(C(=O)O)CCCC1. The number of hydrogen-bond acceptors (Lipinski definition) is 2. The van der Waals surface area contributed by atoms with Crippen molar-refractivity contribution in [1.82, 2.24) is 0 Å². The summed E-state index contributed by atoms with van der Waals surface area (Å²) in [5.41, 5.74) is -0.850. The standard InChI is InChI=1S/C12H22O3/c1-10(2)6-5-9-15-12(11(13)14)7-3-4-8-12/h10H,3-9H2,1-2H3,(H,13,14). The van der Waals surface area contributed by atoms with Gasteiger partial charge in [-0.1, -0.05) is 13.8 Å². The lowest BCUT2D eigenvalue weighted by Crippen LogP contribution is -2.38. The Kier molecular flexibility index (Phi) is 4.58. The Morgan fingerprint density at radius 2 is 2.00 bits per heavy atom. The number of aliphatic carboxylic acids is 1. The molecule has 3 heteroatoms. The lowest BCUT2D eigenvalue weighted by molar-refractivity contribution is -0.165. The molecule has 0 aromatic rings. The summed E-state index contributed by atoms with van der Waals surface area (Å²) in [6.07, 6.45) is 5.41. The molecule has 88 valence electrons. The van der Waals surface area contributed by atoms with Gasteiger partial charge in [0.1, 0.15) is 0 Å². The Balaban J connectivity index is 2.30. The smallest absolute Gasteiger partial charge is 0.335 e. The molecule has 0 bridgehead atoms. The first kappa shape index (κ1) is 12.5. The van der Waals surface area contributed by atoms with Gasteiger partial charge in [0.25, 0.3) is 0 Å². The normalized spacial score (nSPS) is 19.7. The summed E-state index contributed by atoms with van der Waals surface area (Å²) >= 11 is 0. The van der Waals surface area contributed by atoms with Gasteiger partial charge >= 0.3 is 5.97 Å². The van der Waals surface area contributed by atoms with Gasteiger partial charge < -0.3 is 9.84 Å². The molecule has 0 amide bonds. The van der Waals surface area contributed by atoms with Crippen molar-refractivity contribution < 1.29 is 14.6 Å². The average Bonchev–Trinajstić information content (AvgIpc) is 2.62. The van der Waals surface area contributed by atoms with Crippen molar-refractivity contribution in [3.05, 3.63) is 0 Å².